The number of aromatic nitrogens is 4. The number of piperidine rings is 1. The minimum atomic E-state index is -3.62. The van der Waals surface area contributed by atoms with Crippen LogP contribution in [0.15, 0.2) is 35.7 Å². The van der Waals surface area contributed by atoms with Gasteiger partial charge in [0.05, 0.1) is 18.2 Å². The first-order valence-electron chi connectivity index (χ1n) is 8.93. The van der Waals surface area contributed by atoms with Gasteiger partial charge >= 0.3 is 0 Å². The Morgan fingerprint density at radius 2 is 2.00 bits per heavy atom. The maximum Gasteiger partial charge on any atom is 0.286 e. The van der Waals surface area contributed by atoms with Crippen molar-refractivity contribution in [1.82, 2.24) is 24.5 Å². The first kappa shape index (κ1) is 20.5. The zero-order chi connectivity index (χ0) is 21.3. The minimum absolute atomic E-state index is 0.0418. The number of carbonyl (C=O) groups excluding carboxylic acids is 1. The van der Waals surface area contributed by atoms with E-state index in [-0.39, 0.29) is 21.6 Å². The van der Waals surface area contributed by atoms with E-state index in [0.29, 0.717) is 37.0 Å². The van der Waals surface area contributed by atoms with Crippen LogP contribution in [0.25, 0.3) is 0 Å². The zero-order valence-corrected chi connectivity index (χ0v) is 17.0. The van der Waals surface area contributed by atoms with Crippen LogP contribution in [0.4, 0.5) is 14.5 Å². The number of anilines is 1. The third-order valence-corrected chi connectivity index (χ3v) is 7.62. The molecule has 2 aromatic heterocycles. The molecule has 1 amide bonds. The number of halogens is 2. The fourth-order valence-corrected chi connectivity index (χ4v) is 5.40. The molecule has 158 valence electrons. The van der Waals surface area contributed by atoms with Gasteiger partial charge in [-0.3, -0.25) is 4.79 Å². The van der Waals surface area contributed by atoms with Crippen molar-refractivity contribution < 1.29 is 22.0 Å². The summed E-state index contributed by atoms with van der Waals surface area (Å²) in [5.74, 6) is -2.33. The number of aromatic amines is 1. The number of imidazole rings is 1. The van der Waals surface area contributed by atoms with E-state index in [4.69, 9.17) is 0 Å². The highest BCUT2D eigenvalue weighted by Crippen LogP contribution is 2.32. The number of rotatable bonds is 5. The van der Waals surface area contributed by atoms with E-state index in [1.165, 1.54) is 16.8 Å². The molecular formula is C17H16F2N6O3S2. The van der Waals surface area contributed by atoms with Crippen LogP contribution in [0.2, 0.25) is 0 Å². The summed E-state index contributed by atoms with van der Waals surface area (Å²) in [5.41, 5.74) is -0.157. The van der Waals surface area contributed by atoms with Gasteiger partial charge in [0.15, 0.2) is 5.03 Å². The van der Waals surface area contributed by atoms with Gasteiger partial charge in [-0.05, 0) is 25.0 Å². The normalized spacial score (nSPS) is 15.9. The lowest BCUT2D eigenvalue weighted by molar-refractivity contribution is 0.102. The Hall–Kier alpha value is -2.77. The van der Waals surface area contributed by atoms with Gasteiger partial charge in [-0.1, -0.05) is 11.3 Å². The third-order valence-electron chi connectivity index (χ3n) is 4.71. The molecule has 1 saturated heterocycles. The molecule has 2 N–H and O–H groups in total. The fourth-order valence-electron chi connectivity index (χ4n) is 3.12. The number of H-pyrrole nitrogens is 1. The van der Waals surface area contributed by atoms with Crippen molar-refractivity contribution in [2.75, 3.05) is 18.4 Å². The average Bonchev–Trinajstić information content (AvgIpc) is 3.43. The van der Waals surface area contributed by atoms with E-state index >= 15 is 0 Å². The van der Waals surface area contributed by atoms with Gasteiger partial charge in [0.2, 0.25) is 5.01 Å². The molecular weight excluding hydrogens is 438 g/mol. The first-order valence-corrected chi connectivity index (χ1v) is 11.2. The summed E-state index contributed by atoms with van der Waals surface area (Å²) >= 11 is 1.07. The van der Waals surface area contributed by atoms with Crippen molar-refractivity contribution in [1.29, 1.82) is 0 Å². The Balaban J connectivity index is 1.39. The van der Waals surface area contributed by atoms with E-state index in [1.807, 2.05) is 0 Å². The fraction of sp³-hybridized carbons (Fsp3) is 0.294. The lowest BCUT2D eigenvalue weighted by atomic mass is 9.99. The Morgan fingerprint density at radius 3 is 2.67 bits per heavy atom. The van der Waals surface area contributed by atoms with Crippen molar-refractivity contribution in [3.05, 3.63) is 52.4 Å². The first-order chi connectivity index (χ1) is 14.3. The van der Waals surface area contributed by atoms with E-state index in [0.717, 1.165) is 23.5 Å². The molecule has 0 bridgehead atoms. The quantitative estimate of drug-likeness (QED) is 0.611. The summed E-state index contributed by atoms with van der Waals surface area (Å²) in [7, 11) is -3.62. The molecule has 0 unspecified atom stereocenters. The summed E-state index contributed by atoms with van der Waals surface area (Å²) in [6.07, 6.45) is 3.62. The smallest absolute Gasteiger partial charge is 0.286 e. The second kappa shape index (κ2) is 8.16. The Kier molecular flexibility index (Phi) is 5.58. The lowest BCUT2D eigenvalue weighted by Crippen LogP contribution is -2.38. The van der Waals surface area contributed by atoms with Gasteiger partial charge in [-0.2, -0.15) is 4.31 Å². The average molecular weight is 454 g/mol. The molecule has 4 rings (SSSR count). The van der Waals surface area contributed by atoms with E-state index in [9.17, 15) is 22.0 Å². The van der Waals surface area contributed by atoms with Crippen molar-refractivity contribution in [3.8, 4) is 0 Å². The lowest BCUT2D eigenvalue weighted by Gasteiger charge is -2.29. The highest BCUT2D eigenvalue weighted by molar-refractivity contribution is 7.89. The number of nitrogens with zero attached hydrogens (tertiary/aromatic N) is 4. The van der Waals surface area contributed by atoms with Crippen LogP contribution in [0.1, 0.15) is 33.6 Å². The highest BCUT2D eigenvalue weighted by atomic mass is 32.2. The van der Waals surface area contributed by atoms with Crippen LogP contribution < -0.4 is 5.32 Å². The summed E-state index contributed by atoms with van der Waals surface area (Å²) in [4.78, 5) is 18.7. The van der Waals surface area contributed by atoms with E-state index in [2.05, 4.69) is 25.5 Å². The predicted molar refractivity (Wildman–Crippen MR) is 104 cm³/mol. The standard InChI is InChI=1S/C17H16F2N6O3S2/c18-11-1-2-13(12(19)7-11)22-15(26)17-24-23-16(29-17)10-3-5-25(6-4-10)30(27,28)14-8-20-9-21-14/h1-2,7-10H,3-6H2,(H,20,21)(H,22,26). The SMILES string of the molecule is O=C(Nc1ccc(F)cc1F)c1nnc(C2CCN(S(=O)(=O)c3cnc[nH]3)CC2)s1. The molecule has 30 heavy (non-hydrogen) atoms. The molecule has 1 aliphatic heterocycles. The number of hydrogen-bond acceptors (Lipinski definition) is 7. The zero-order valence-electron chi connectivity index (χ0n) is 15.4. The molecule has 3 aromatic rings. The number of benzene rings is 1. The minimum Gasteiger partial charge on any atom is -0.335 e. The van der Waals surface area contributed by atoms with Gasteiger partial charge < -0.3 is 10.3 Å². The van der Waals surface area contributed by atoms with Crippen LogP contribution in [0.3, 0.4) is 0 Å². The van der Waals surface area contributed by atoms with Crippen LogP contribution in [0.5, 0.6) is 0 Å². The van der Waals surface area contributed by atoms with Crippen LogP contribution in [-0.2, 0) is 10.0 Å². The molecule has 9 nitrogen and oxygen atoms in total. The van der Waals surface area contributed by atoms with Gasteiger partial charge in [-0.15, -0.1) is 10.2 Å². The molecule has 0 saturated carbocycles. The monoisotopic (exact) mass is 454 g/mol. The second-order valence-electron chi connectivity index (χ2n) is 6.62. The Morgan fingerprint density at radius 1 is 1.23 bits per heavy atom. The number of amides is 1. The molecule has 1 aliphatic rings. The number of sulfonamides is 1. The maximum absolute atomic E-state index is 13.7. The molecule has 1 aromatic carbocycles. The van der Waals surface area contributed by atoms with Crippen LogP contribution in [-0.4, -0.2) is 51.9 Å². The number of hydrogen-bond donors (Lipinski definition) is 2. The van der Waals surface area contributed by atoms with Gasteiger partial charge in [0.25, 0.3) is 15.9 Å². The van der Waals surface area contributed by atoms with Crippen molar-refractivity contribution >= 4 is 33.0 Å². The number of carbonyl (C=O) groups is 1. The third kappa shape index (κ3) is 4.08. The summed E-state index contributed by atoms with van der Waals surface area (Å²) in [6.45, 7) is 0.599. The molecule has 3 heterocycles. The van der Waals surface area contributed by atoms with Gasteiger partial charge in [-0.25, -0.2) is 22.2 Å². The van der Waals surface area contributed by atoms with E-state index in [1.54, 1.807) is 0 Å². The predicted octanol–water partition coefficient (Wildman–Crippen LogP) is 2.36. The van der Waals surface area contributed by atoms with Crippen molar-refractivity contribution in [3.63, 3.8) is 0 Å². The molecule has 13 heteroatoms. The van der Waals surface area contributed by atoms with Gasteiger partial charge in [0, 0.05) is 25.1 Å². The second-order valence-corrected chi connectivity index (χ2v) is 9.53. The topological polar surface area (TPSA) is 121 Å². The van der Waals surface area contributed by atoms with Crippen molar-refractivity contribution in [2.45, 2.75) is 23.8 Å². The molecule has 0 radical (unpaired) electrons. The Bertz CT molecular complexity index is 1160. The van der Waals surface area contributed by atoms with Crippen molar-refractivity contribution in [2.24, 2.45) is 0 Å². The van der Waals surface area contributed by atoms with E-state index < -0.39 is 27.6 Å². The molecule has 0 atom stereocenters. The summed E-state index contributed by atoms with van der Waals surface area (Å²) < 4.78 is 53.1. The Labute approximate surface area is 174 Å². The summed E-state index contributed by atoms with van der Waals surface area (Å²) in [5, 5.41) is 10.9. The van der Waals surface area contributed by atoms with Crippen LogP contribution in [0, 0.1) is 11.6 Å². The molecule has 1 fully saturated rings. The molecule has 0 spiro atoms. The molecule has 0 aliphatic carbocycles. The maximum atomic E-state index is 13.7. The number of nitrogens with one attached hydrogen (secondary N) is 2. The largest absolute Gasteiger partial charge is 0.335 e. The van der Waals surface area contributed by atoms with Crippen LogP contribution >= 0.6 is 11.3 Å². The summed E-state index contributed by atoms with van der Waals surface area (Å²) in [6, 6.07) is 2.84. The van der Waals surface area contributed by atoms with Gasteiger partial charge in [0.1, 0.15) is 16.6 Å². The highest BCUT2D eigenvalue weighted by Gasteiger charge is 2.32.